The Balaban J connectivity index is 1.57. The fraction of sp³-hybridized carbons (Fsp3) is 0.208. The van der Waals surface area contributed by atoms with E-state index in [1.807, 2.05) is 81.6 Å². The van der Waals surface area contributed by atoms with Crippen molar-refractivity contribution in [2.24, 2.45) is 0 Å². The van der Waals surface area contributed by atoms with Crippen LogP contribution in [0.1, 0.15) is 35.1 Å². The zero-order valence-electron chi connectivity index (χ0n) is 17.7. The number of rotatable bonds is 7. The average Bonchev–Trinajstić information content (AvgIpc) is 3.49. The highest BCUT2D eigenvalue weighted by atomic mass is 32.1. The zero-order valence-corrected chi connectivity index (χ0v) is 18.5. The first-order valence-corrected chi connectivity index (χ1v) is 10.9. The maximum absolute atomic E-state index is 13.4. The normalized spacial score (nSPS) is 11.8. The van der Waals surface area contributed by atoms with Crippen LogP contribution in [0.5, 0.6) is 5.75 Å². The van der Waals surface area contributed by atoms with Crippen LogP contribution in [0.2, 0.25) is 0 Å². The van der Waals surface area contributed by atoms with E-state index >= 15 is 0 Å². The van der Waals surface area contributed by atoms with Gasteiger partial charge in [-0.25, -0.2) is 9.67 Å². The zero-order chi connectivity index (χ0) is 21.8. The molecule has 1 amide bonds. The highest BCUT2D eigenvalue weighted by molar-refractivity contribution is 7.17. The SMILES string of the molecule is CCOc1cc(-c2ccccc2)sc1C(=O)N(C)C(C)c1ccc(-n2cncn2)cc1. The van der Waals surface area contributed by atoms with E-state index in [9.17, 15) is 4.79 Å². The third kappa shape index (κ3) is 4.36. The summed E-state index contributed by atoms with van der Waals surface area (Å²) < 4.78 is 7.50. The third-order valence-corrected chi connectivity index (χ3v) is 6.36. The molecular weight excluding hydrogens is 408 g/mol. The van der Waals surface area contributed by atoms with E-state index in [0.29, 0.717) is 17.2 Å². The molecular formula is C24H24N4O2S. The number of benzene rings is 2. The van der Waals surface area contributed by atoms with Crippen LogP contribution in [0.3, 0.4) is 0 Å². The molecule has 0 radical (unpaired) electrons. The first-order valence-electron chi connectivity index (χ1n) is 10.1. The molecule has 2 heterocycles. The third-order valence-electron chi connectivity index (χ3n) is 5.21. The number of amides is 1. The van der Waals surface area contributed by atoms with E-state index in [4.69, 9.17) is 4.74 Å². The minimum absolute atomic E-state index is 0.0523. The van der Waals surface area contributed by atoms with Crippen LogP contribution in [0, 0.1) is 0 Å². The summed E-state index contributed by atoms with van der Waals surface area (Å²) in [7, 11) is 1.83. The first kappa shape index (κ1) is 20.8. The van der Waals surface area contributed by atoms with Crippen LogP contribution < -0.4 is 4.74 Å². The summed E-state index contributed by atoms with van der Waals surface area (Å²) in [5, 5.41) is 4.15. The fourth-order valence-electron chi connectivity index (χ4n) is 3.34. The van der Waals surface area contributed by atoms with Crippen LogP contribution in [-0.4, -0.2) is 39.2 Å². The molecule has 0 aliphatic heterocycles. The maximum Gasteiger partial charge on any atom is 0.268 e. The second-order valence-electron chi connectivity index (χ2n) is 7.13. The molecule has 7 heteroatoms. The molecule has 6 nitrogen and oxygen atoms in total. The van der Waals surface area contributed by atoms with Crippen molar-refractivity contribution in [2.45, 2.75) is 19.9 Å². The highest BCUT2D eigenvalue weighted by Gasteiger charge is 2.25. The summed E-state index contributed by atoms with van der Waals surface area (Å²) in [5.74, 6) is 0.584. The predicted molar refractivity (Wildman–Crippen MR) is 123 cm³/mol. The van der Waals surface area contributed by atoms with Crippen molar-refractivity contribution in [3.05, 3.63) is 83.8 Å². The van der Waals surface area contributed by atoms with Crippen LogP contribution >= 0.6 is 11.3 Å². The molecule has 0 aliphatic rings. The molecule has 1 atom stereocenters. The average molecular weight is 433 g/mol. The molecule has 4 rings (SSSR count). The summed E-state index contributed by atoms with van der Waals surface area (Å²) in [6.07, 6.45) is 3.16. The molecule has 0 N–H and O–H groups in total. The van der Waals surface area contributed by atoms with Gasteiger partial charge in [0.25, 0.3) is 5.91 Å². The molecule has 2 aromatic heterocycles. The summed E-state index contributed by atoms with van der Waals surface area (Å²) in [6.45, 7) is 4.46. The maximum atomic E-state index is 13.4. The number of hydrogen-bond donors (Lipinski definition) is 0. The number of ether oxygens (including phenoxy) is 1. The molecule has 158 valence electrons. The monoisotopic (exact) mass is 432 g/mol. The van der Waals surface area contributed by atoms with Crippen LogP contribution in [0.4, 0.5) is 0 Å². The molecule has 4 aromatic rings. The fourth-order valence-corrected chi connectivity index (χ4v) is 4.43. The van der Waals surface area contributed by atoms with Gasteiger partial charge in [0.05, 0.1) is 18.3 Å². The predicted octanol–water partition coefficient (Wildman–Crippen LogP) is 5.23. The molecule has 1 unspecified atom stereocenters. The van der Waals surface area contributed by atoms with E-state index in [1.165, 1.54) is 17.7 Å². The lowest BCUT2D eigenvalue weighted by Gasteiger charge is -2.25. The molecule has 2 aromatic carbocycles. The van der Waals surface area contributed by atoms with Crippen LogP contribution in [0.25, 0.3) is 16.1 Å². The van der Waals surface area contributed by atoms with Gasteiger partial charge in [-0.3, -0.25) is 4.79 Å². The number of aromatic nitrogens is 3. The highest BCUT2D eigenvalue weighted by Crippen LogP contribution is 2.38. The number of carbonyl (C=O) groups is 1. The van der Waals surface area contributed by atoms with Crippen molar-refractivity contribution in [3.8, 4) is 21.9 Å². The molecule has 0 aliphatic carbocycles. The molecule has 0 saturated heterocycles. The van der Waals surface area contributed by atoms with Crippen molar-refractivity contribution < 1.29 is 9.53 Å². The van der Waals surface area contributed by atoms with Gasteiger partial charge in [0.1, 0.15) is 23.3 Å². The van der Waals surface area contributed by atoms with E-state index in [-0.39, 0.29) is 11.9 Å². The van der Waals surface area contributed by atoms with Gasteiger partial charge in [-0.1, -0.05) is 42.5 Å². The molecule has 0 fully saturated rings. The van der Waals surface area contributed by atoms with Gasteiger partial charge in [-0.2, -0.15) is 5.10 Å². The van der Waals surface area contributed by atoms with E-state index in [1.54, 1.807) is 15.9 Å². The summed E-state index contributed by atoms with van der Waals surface area (Å²) in [6, 6.07) is 19.9. The van der Waals surface area contributed by atoms with Crippen LogP contribution in [0.15, 0.2) is 73.3 Å². The number of thiophene rings is 1. The minimum atomic E-state index is -0.103. The number of hydrogen-bond acceptors (Lipinski definition) is 5. The summed E-state index contributed by atoms with van der Waals surface area (Å²) >= 11 is 1.47. The van der Waals surface area contributed by atoms with E-state index < -0.39 is 0 Å². The van der Waals surface area contributed by atoms with Crippen molar-refractivity contribution >= 4 is 17.2 Å². The van der Waals surface area contributed by atoms with E-state index in [2.05, 4.69) is 10.1 Å². The van der Waals surface area contributed by atoms with Gasteiger partial charge < -0.3 is 9.64 Å². The Morgan fingerprint density at radius 1 is 1.16 bits per heavy atom. The lowest BCUT2D eigenvalue weighted by molar-refractivity contribution is 0.0744. The largest absolute Gasteiger partial charge is 0.492 e. The van der Waals surface area contributed by atoms with Crippen molar-refractivity contribution in [2.75, 3.05) is 13.7 Å². The molecule has 0 bridgehead atoms. The second kappa shape index (κ2) is 9.14. The Kier molecular flexibility index (Phi) is 6.13. The summed E-state index contributed by atoms with van der Waals surface area (Å²) in [4.78, 5) is 20.8. The van der Waals surface area contributed by atoms with Gasteiger partial charge in [0.15, 0.2) is 0 Å². The molecule has 31 heavy (non-hydrogen) atoms. The van der Waals surface area contributed by atoms with Crippen LogP contribution in [-0.2, 0) is 0 Å². The van der Waals surface area contributed by atoms with Gasteiger partial charge in [-0.05, 0) is 43.2 Å². The van der Waals surface area contributed by atoms with Crippen molar-refractivity contribution in [1.29, 1.82) is 0 Å². The van der Waals surface area contributed by atoms with Gasteiger partial charge in [0.2, 0.25) is 0 Å². The summed E-state index contributed by atoms with van der Waals surface area (Å²) in [5.41, 5.74) is 3.04. The smallest absolute Gasteiger partial charge is 0.268 e. The number of nitrogens with zero attached hydrogens (tertiary/aromatic N) is 4. The van der Waals surface area contributed by atoms with Crippen molar-refractivity contribution in [1.82, 2.24) is 19.7 Å². The van der Waals surface area contributed by atoms with Crippen molar-refractivity contribution in [3.63, 3.8) is 0 Å². The molecule has 0 spiro atoms. The van der Waals surface area contributed by atoms with Gasteiger partial charge in [0, 0.05) is 11.9 Å². The standard InChI is InChI=1S/C24H24N4O2S/c1-4-30-21-14-22(19-8-6-5-7-9-19)31-23(21)24(29)27(3)17(2)18-10-12-20(13-11-18)28-16-25-15-26-28/h5-17H,4H2,1-3H3. The Morgan fingerprint density at radius 3 is 2.55 bits per heavy atom. The Morgan fingerprint density at radius 2 is 1.90 bits per heavy atom. The topological polar surface area (TPSA) is 60.2 Å². The number of carbonyl (C=O) groups excluding carboxylic acids is 1. The second-order valence-corrected chi connectivity index (χ2v) is 8.18. The Bertz CT molecular complexity index is 1140. The quantitative estimate of drug-likeness (QED) is 0.401. The lowest BCUT2D eigenvalue weighted by Crippen LogP contribution is -2.29. The van der Waals surface area contributed by atoms with Gasteiger partial charge >= 0.3 is 0 Å². The minimum Gasteiger partial charge on any atom is -0.492 e. The first-order chi connectivity index (χ1) is 15.1. The van der Waals surface area contributed by atoms with E-state index in [0.717, 1.165) is 21.7 Å². The van der Waals surface area contributed by atoms with Gasteiger partial charge in [-0.15, -0.1) is 11.3 Å². The Labute approximate surface area is 185 Å². The Hall–Kier alpha value is -3.45. The molecule has 0 saturated carbocycles. The lowest BCUT2D eigenvalue weighted by atomic mass is 10.1.